The fourth-order valence-electron chi connectivity index (χ4n) is 8.73. The van der Waals surface area contributed by atoms with E-state index in [0.29, 0.717) is 13.0 Å². The summed E-state index contributed by atoms with van der Waals surface area (Å²) in [5, 5.41) is 40.3. The van der Waals surface area contributed by atoms with E-state index in [1.807, 2.05) is 0 Å². The van der Waals surface area contributed by atoms with Crippen molar-refractivity contribution in [3.05, 3.63) is 48.6 Å². The number of aliphatic hydroxyl groups excluding tert-OH is 4. The number of rotatable bonds is 50. The predicted octanol–water partition coefficient (Wildman–Crippen LogP) is 14.8. The number of allylic oxidation sites excluding steroid dienone is 8. The molecule has 1 rings (SSSR count). The fourth-order valence-corrected chi connectivity index (χ4v) is 8.73. The van der Waals surface area contributed by atoms with Crippen LogP contribution >= 0.6 is 0 Å². The zero-order chi connectivity index (χ0) is 49.2. The highest BCUT2D eigenvalue weighted by Crippen LogP contribution is 2.23. The number of unbranched alkanes of at least 4 members (excludes halogenated alkanes) is 31. The van der Waals surface area contributed by atoms with Gasteiger partial charge in [-0.1, -0.05) is 223 Å². The molecule has 0 spiro atoms. The summed E-state index contributed by atoms with van der Waals surface area (Å²) in [6, 6.07) is 0. The number of ether oxygens (including phenoxy) is 4. The van der Waals surface area contributed by atoms with Gasteiger partial charge < -0.3 is 39.4 Å². The van der Waals surface area contributed by atoms with Crippen molar-refractivity contribution in [2.24, 2.45) is 0 Å². The van der Waals surface area contributed by atoms with Crippen molar-refractivity contribution < 1.29 is 44.2 Å². The average Bonchev–Trinajstić information content (AvgIpc) is 3.34. The van der Waals surface area contributed by atoms with Crippen LogP contribution < -0.4 is 0 Å². The van der Waals surface area contributed by atoms with Crippen molar-refractivity contribution in [2.75, 3.05) is 26.4 Å². The SMILES string of the molecule is CCCCCCC/C=C\C/C=C\C/C=C\CCCCCCCCCOCC(COC1OC(CO)C(O)C(O)C1O)OC(=O)CCCCCCCCCCCCC/C=C\CCCCCCCCCC. The first-order valence-corrected chi connectivity index (χ1v) is 28.7. The van der Waals surface area contributed by atoms with Crippen LogP contribution in [0.15, 0.2) is 48.6 Å². The number of aliphatic hydroxyl groups is 4. The van der Waals surface area contributed by atoms with Crippen molar-refractivity contribution >= 4 is 5.97 Å². The summed E-state index contributed by atoms with van der Waals surface area (Å²) in [5.74, 6) is -0.315. The normalized spacial score (nSPS) is 19.4. The van der Waals surface area contributed by atoms with E-state index in [0.717, 1.165) is 57.8 Å². The van der Waals surface area contributed by atoms with E-state index in [9.17, 15) is 25.2 Å². The molecule has 0 amide bonds. The topological polar surface area (TPSA) is 135 Å². The van der Waals surface area contributed by atoms with Gasteiger partial charge in [-0.2, -0.15) is 0 Å². The van der Waals surface area contributed by atoms with Gasteiger partial charge in [-0.25, -0.2) is 0 Å². The maximum Gasteiger partial charge on any atom is 0.306 e. The van der Waals surface area contributed by atoms with E-state index >= 15 is 0 Å². The highest BCUT2D eigenvalue weighted by Gasteiger charge is 2.44. The zero-order valence-electron chi connectivity index (χ0n) is 44.1. The first-order chi connectivity index (χ1) is 33.4. The van der Waals surface area contributed by atoms with Crippen LogP contribution in [0, 0.1) is 0 Å². The Balaban J connectivity index is 2.17. The standard InChI is InChI=1S/C59H108O9/c1-3-5-7-9-11-13-15-17-19-21-23-25-27-28-30-32-34-36-38-40-42-44-46-48-55(61)67-53(52-66-59-58(64)57(63)56(62)54(50-60)68-59)51-65-49-47-45-43-41-39-37-35-33-31-29-26-24-22-20-18-16-14-12-10-8-6-4-2/h16,18,21-24,29,31,53-54,56-60,62-64H,3-15,17,19-20,25-28,30,32-52H2,1-2H3/b18-16-,23-21-,24-22-,31-29-. The van der Waals surface area contributed by atoms with Crippen molar-refractivity contribution in [3.63, 3.8) is 0 Å². The van der Waals surface area contributed by atoms with Crippen LogP contribution in [0.1, 0.15) is 258 Å². The summed E-state index contributed by atoms with van der Waals surface area (Å²) in [6.07, 6.45) is 57.2. The molecular formula is C59H108O9. The van der Waals surface area contributed by atoms with Gasteiger partial charge in [0.05, 0.1) is 19.8 Å². The lowest BCUT2D eigenvalue weighted by molar-refractivity contribution is -0.305. The number of carbonyl (C=O) groups excluding carboxylic acids is 1. The molecule has 4 N–H and O–H groups in total. The van der Waals surface area contributed by atoms with Crippen LogP contribution in [0.3, 0.4) is 0 Å². The smallest absolute Gasteiger partial charge is 0.306 e. The Labute approximate surface area is 418 Å². The summed E-state index contributed by atoms with van der Waals surface area (Å²) in [4.78, 5) is 12.9. The van der Waals surface area contributed by atoms with Gasteiger partial charge in [-0.15, -0.1) is 0 Å². The Kier molecular flexibility index (Phi) is 47.3. The lowest BCUT2D eigenvalue weighted by atomic mass is 9.99. The Morgan fingerprint density at radius 1 is 0.471 bits per heavy atom. The van der Waals surface area contributed by atoms with E-state index < -0.39 is 43.4 Å². The minimum Gasteiger partial charge on any atom is -0.457 e. The molecule has 6 atom stereocenters. The summed E-state index contributed by atoms with van der Waals surface area (Å²) >= 11 is 0. The van der Waals surface area contributed by atoms with Gasteiger partial charge >= 0.3 is 5.97 Å². The first-order valence-electron chi connectivity index (χ1n) is 28.7. The van der Waals surface area contributed by atoms with Gasteiger partial charge in [0.2, 0.25) is 0 Å². The van der Waals surface area contributed by atoms with E-state index in [-0.39, 0.29) is 19.2 Å². The van der Waals surface area contributed by atoms with Crippen molar-refractivity contribution in [3.8, 4) is 0 Å². The number of hydrogen-bond donors (Lipinski definition) is 4. The molecule has 9 nitrogen and oxygen atoms in total. The molecule has 0 aromatic carbocycles. The van der Waals surface area contributed by atoms with Crippen molar-refractivity contribution in [1.82, 2.24) is 0 Å². The zero-order valence-corrected chi connectivity index (χ0v) is 44.1. The molecular weight excluding hydrogens is 853 g/mol. The molecule has 0 radical (unpaired) electrons. The third-order valence-electron chi connectivity index (χ3n) is 13.2. The second kappa shape index (κ2) is 50.1. The highest BCUT2D eigenvalue weighted by molar-refractivity contribution is 5.69. The highest BCUT2D eigenvalue weighted by atomic mass is 16.7. The average molecular weight is 962 g/mol. The molecule has 0 saturated carbocycles. The molecule has 0 aliphatic carbocycles. The maximum absolute atomic E-state index is 12.9. The molecule has 1 aliphatic heterocycles. The number of esters is 1. The third-order valence-corrected chi connectivity index (χ3v) is 13.2. The molecule has 6 unspecified atom stereocenters. The summed E-state index contributed by atoms with van der Waals surface area (Å²) < 4.78 is 23.0. The second-order valence-electron chi connectivity index (χ2n) is 19.7. The number of hydrogen-bond acceptors (Lipinski definition) is 9. The van der Waals surface area contributed by atoms with Crippen LogP contribution in [0.5, 0.6) is 0 Å². The monoisotopic (exact) mass is 961 g/mol. The van der Waals surface area contributed by atoms with Crippen molar-refractivity contribution in [2.45, 2.75) is 295 Å². The first kappa shape index (κ1) is 64.2. The van der Waals surface area contributed by atoms with Crippen LogP contribution in [0.4, 0.5) is 0 Å². The molecule has 1 saturated heterocycles. The van der Waals surface area contributed by atoms with E-state index in [1.165, 1.54) is 180 Å². The second-order valence-corrected chi connectivity index (χ2v) is 19.7. The Bertz CT molecular complexity index is 1180. The molecule has 398 valence electrons. The van der Waals surface area contributed by atoms with Crippen LogP contribution in [0.2, 0.25) is 0 Å². The summed E-state index contributed by atoms with van der Waals surface area (Å²) in [6.45, 7) is 4.56. The van der Waals surface area contributed by atoms with Crippen LogP contribution in [0.25, 0.3) is 0 Å². The molecule has 9 heteroatoms. The molecule has 68 heavy (non-hydrogen) atoms. The minimum absolute atomic E-state index is 0.117. The molecule has 1 aliphatic rings. The number of carbonyl (C=O) groups is 1. The lowest BCUT2D eigenvalue weighted by Crippen LogP contribution is -2.59. The Morgan fingerprint density at radius 2 is 0.853 bits per heavy atom. The van der Waals surface area contributed by atoms with Gasteiger partial charge in [-0.05, 0) is 77.0 Å². The molecule has 0 bridgehead atoms. The van der Waals surface area contributed by atoms with E-state index in [2.05, 4.69) is 62.5 Å². The summed E-state index contributed by atoms with van der Waals surface area (Å²) in [5.41, 5.74) is 0. The van der Waals surface area contributed by atoms with Gasteiger partial charge in [0.1, 0.15) is 30.5 Å². The minimum atomic E-state index is -1.54. The third kappa shape index (κ3) is 39.8. The van der Waals surface area contributed by atoms with Gasteiger partial charge in [0.25, 0.3) is 0 Å². The molecule has 1 heterocycles. The molecule has 0 aromatic rings. The van der Waals surface area contributed by atoms with E-state index in [1.54, 1.807) is 0 Å². The molecule has 1 fully saturated rings. The summed E-state index contributed by atoms with van der Waals surface area (Å²) in [7, 11) is 0. The van der Waals surface area contributed by atoms with E-state index in [4.69, 9.17) is 18.9 Å². The van der Waals surface area contributed by atoms with Crippen LogP contribution in [-0.2, 0) is 23.7 Å². The van der Waals surface area contributed by atoms with Crippen LogP contribution in [-0.4, -0.2) is 89.6 Å². The molecule has 0 aromatic heterocycles. The van der Waals surface area contributed by atoms with Crippen molar-refractivity contribution in [1.29, 1.82) is 0 Å². The Morgan fingerprint density at radius 3 is 1.29 bits per heavy atom. The lowest BCUT2D eigenvalue weighted by Gasteiger charge is -2.39. The van der Waals surface area contributed by atoms with Gasteiger partial charge in [0.15, 0.2) is 6.29 Å². The predicted molar refractivity (Wildman–Crippen MR) is 284 cm³/mol. The quantitative estimate of drug-likeness (QED) is 0.0267. The fraction of sp³-hybridized carbons (Fsp3) is 0.847. The van der Waals surface area contributed by atoms with Gasteiger partial charge in [-0.3, -0.25) is 4.79 Å². The largest absolute Gasteiger partial charge is 0.457 e. The van der Waals surface area contributed by atoms with Gasteiger partial charge in [0, 0.05) is 13.0 Å². The maximum atomic E-state index is 12.9. The Hall–Kier alpha value is -1.85.